The Morgan fingerprint density at radius 3 is 2.29 bits per heavy atom. The van der Waals surface area contributed by atoms with Gasteiger partial charge in [0.1, 0.15) is 10.6 Å². The lowest BCUT2D eigenvalue weighted by atomic mass is 9.85. The van der Waals surface area contributed by atoms with Crippen LogP contribution in [-0.2, 0) is 24.1 Å². The lowest BCUT2D eigenvalue weighted by molar-refractivity contribution is 0.0930. The van der Waals surface area contributed by atoms with Gasteiger partial charge in [-0.15, -0.1) is 0 Å². The lowest BCUT2D eigenvalue weighted by Gasteiger charge is -2.45. The van der Waals surface area contributed by atoms with Crippen LogP contribution in [0.5, 0.6) is 0 Å². The number of carbonyl (C=O) groups is 2. The Balaban J connectivity index is 1.86. The molecule has 11 heteroatoms. The van der Waals surface area contributed by atoms with E-state index in [0.717, 1.165) is 25.0 Å². The van der Waals surface area contributed by atoms with E-state index in [2.05, 4.69) is 15.9 Å². The second-order valence-electron chi connectivity index (χ2n) is 9.51. The van der Waals surface area contributed by atoms with E-state index in [4.69, 9.17) is 9.47 Å². The number of nitrogens with zero attached hydrogens (tertiary/aromatic N) is 2. The zero-order valence-corrected chi connectivity index (χ0v) is 23.9. The summed E-state index contributed by atoms with van der Waals surface area (Å²) in [7, 11) is -4.18. The van der Waals surface area contributed by atoms with Crippen LogP contribution in [0.3, 0.4) is 0 Å². The van der Waals surface area contributed by atoms with Crippen molar-refractivity contribution >= 4 is 43.6 Å². The van der Waals surface area contributed by atoms with Crippen molar-refractivity contribution in [1.29, 1.82) is 0 Å². The summed E-state index contributed by atoms with van der Waals surface area (Å²) in [5.41, 5.74) is 0.779. The molecule has 2 unspecified atom stereocenters. The van der Waals surface area contributed by atoms with E-state index in [1.807, 2.05) is 13.8 Å². The number of benzene rings is 2. The summed E-state index contributed by atoms with van der Waals surface area (Å²) in [4.78, 5) is 29.2. The largest absolute Gasteiger partial charge is 0.449 e. The lowest BCUT2D eigenvalue weighted by Crippen LogP contribution is -2.59. The van der Waals surface area contributed by atoms with Crippen LogP contribution >= 0.6 is 15.9 Å². The molecule has 206 valence electrons. The van der Waals surface area contributed by atoms with Gasteiger partial charge in [-0.3, -0.25) is 4.90 Å². The standard InChI is InChI=1S/C27H32BrFN2O6S/c1-3-5-15-36-25(32)30-14-13-27(38(34,35)21-10-8-20(29)9-11-21)22-12-7-19(28)17-23(22)31(18-24(27)30)26(33)37-16-6-4-2/h7-12,17,24H,3-6,13-16,18H2,1-2H3. The zero-order valence-electron chi connectivity index (χ0n) is 21.5. The first-order valence-electron chi connectivity index (χ1n) is 12.8. The highest BCUT2D eigenvalue weighted by molar-refractivity contribution is 9.10. The number of hydrogen-bond acceptors (Lipinski definition) is 6. The van der Waals surface area contributed by atoms with Crippen LogP contribution in [0.2, 0.25) is 0 Å². The van der Waals surface area contributed by atoms with Crippen molar-refractivity contribution in [3.05, 3.63) is 58.3 Å². The monoisotopic (exact) mass is 610 g/mol. The molecule has 0 aliphatic carbocycles. The number of rotatable bonds is 8. The van der Waals surface area contributed by atoms with Crippen molar-refractivity contribution in [2.24, 2.45) is 0 Å². The third-order valence-electron chi connectivity index (χ3n) is 7.21. The quantitative estimate of drug-likeness (QED) is 0.268. The highest BCUT2D eigenvalue weighted by Gasteiger charge is 2.63. The summed E-state index contributed by atoms with van der Waals surface area (Å²) in [6.45, 7) is 4.41. The summed E-state index contributed by atoms with van der Waals surface area (Å²) in [5.74, 6) is -0.556. The van der Waals surface area contributed by atoms with Crippen LogP contribution in [-0.4, -0.2) is 57.8 Å². The Hall–Kier alpha value is -2.66. The Labute approximate surface area is 231 Å². The number of fused-ring (bicyclic) bond motifs is 3. The zero-order chi connectivity index (χ0) is 27.5. The number of likely N-dealkylation sites (tertiary alicyclic amines) is 1. The van der Waals surface area contributed by atoms with Crippen LogP contribution in [0.15, 0.2) is 51.8 Å². The number of ether oxygens (including phenoxy) is 2. The fraction of sp³-hybridized carbons (Fsp3) is 0.481. The van der Waals surface area contributed by atoms with Crippen LogP contribution in [0, 0.1) is 5.82 Å². The van der Waals surface area contributed by atoms with Gasteiger partial charge in [0.15, 0.2) is 9.84 Å². The minimum Gasteiger partial charge on any atom is -0.449 e. The summed E-state index contributed by atoms with van der Waals surface area (Å²) in [6.07, 6.45) is 1.89. The molecule has 2 aliphatic heterocycles. The Bertz CT molecular complexity index is 1290. The molecule has 2 aliphatic rings. The topological polar surface area (TPSA) is 93.2 Å². The highest BCUT2D eigenvalue weighted by atomic mass is 79.9. The summed E-state index contributed by atoms with van der Waals surface area (Å²) in [6, 6.07) is 8.82. The van der Waals surface area contributed by atoms with Gasteiger partial charge in [-0.2, -0.15) is 0 Å². The van der Waals surface area contributed by atoms with Gasteiger partial charge in [0.25, 0.3) is 0 Å². The number of halogens is 2. The number of anilines is 1. The molecule has 1 fully saturated rings. The van der Waals surface area contributed by atoms with Crippen molar-refractivity contribution in [1.82, 2.24) is 4.90 Å². The Kier molecular flexibility index (Phi) is 8.66. The molecule has 0 bridgehead atoms. The van der Waals surface area contributed by atoms with Gasteiger partial charge in [0.05, 0.1) is 36.4 Å². The van der Waals surface area contributed by atoms with Gasteiger partial charge in [-0.05, 0) is 61.2 Å². The van der Waals surface area contributed by atoms with Crippen molar-refractivity contribution in [3.63, 3.8) is 0 Å². The highest BCUT2D eigenvalue weighted by Crippen LogP contribution is 2.54. The molecule has 0 saturated carbocycles. The minimum absolute atomic E-state index is 0.0575. The first kappa shape index (κ1) is 28.4. The molecule has 1 saturated heterocycles. The average molecular weight is 612 g/mol. The third-order valence-corrected chi connectivity index (χ3v) is 10.2. The average Bonchev–Trinajstić information content (AvgIpc) is 3.30. The fourth-order valence-corrected chi connectivity index (χ4v) is 7.87. The number of hydrogen-bond donors (Lipinski definition) is 0. The maximum Gasteiger partial charge on any atom is 0.414 e. The van der Waals surface area contributed by atoms with Crippen molar-refractivity contribution in [2.75, 3.05) is 31.2 Å². The van der Waals surface area contributed by atoms with Crippen molar-refractivity contribution in [2.45, 2.75) is 61.6 Å². The van der Waals surface area contributed by atoms with E-state index in [1.54, 1.807) is 18.2 Å². The van der Waals surface area contributed by atoms with E-state index >= 15 is 0 Å². The molecule has 2 atom stereocenters. The fourth-order valence-electron chi connectivity index (χ4n) is 5.22. The molecule has 0 aromatic heterocycles. The predicted octanol–water partition coefficient (Wildman–Crippen LogP) is 6.03. The normalized spacial score (nSPS) is 20.6. The molecule has 2 amide bonds. The predicted molar refractivity (Wildman–Crippen MR) is 144 cm³/mol. The van der Waals surface area contributed by atoms with Gasteiger partial charge in [-0.25, -0.2) is 22.4 Å². The Morgan fingerprint density at radius 2 is 1.66 bits per heavy atom. The second-order valence-corrected chi connectivity index (χ2v) is 12.6. The molecule has 2 heterocycles. The molecule has 38 heavy (non-hydrogen) atoms. The second kappa shape index (κ2) is 11.6. The van der Waals surface area contributed by atoms with Gasteiger partial charge >= 0.3 is 12.2 Å². The maximum atomic E-state index is 14.4. The summed E-state index contributed by atoms with van der Waals surface area (Å²) < 4.78 is 52.6. The Morgan fingerprint density at radius 1 is 1.03 bits per heavy atom. The summed E-state index contributed by atoms with van der Waals surface area (Å²) in [5, 5.41) is 0. The van der Waals surface area contributed by atoms with E-state index in [0.29, 0.717) is 28.6 Å². The van der Waals surface area contributed by atoms with E-state index < -0.39 is 38.6 Å². The van der Waals surface area contributed by atoms with E-state index in [9.17, 15) is 22.4 Å². The SMILES string of the molecule is CCCCOC(=O)N1CC2N(C(=O)OCCCC)CCC2(S(=O)(=O)c2ccc(F)cc2)c2ccc(Br)cc21. The molecule has 8 nitrogen and oxygen atoms in total. The number of carbonyl (C=O) groups excluding carboxylic acids is 2. The van der Waals surface area contributed by atoms with Crippen molar-refractivity contribution in [3.8, 4) is 0 Å². The first-order valence-corrected chi connectivity index (χ1v) is 15.1. The molecular formula is C27H32BrFN2O6S. The third kappa shape index (κ3) is 5.02. The molecule has 2 aromatic carbocycles. The number of sulfone groups is 1. The van der Waals surface area contributed by atoms with Crippen LogP contribution in [0.4, 0.5) is 19.7 Å². The van der Waals surface area contributed by atoms with Gasteiger partial charge < -0.3 is 14.4 Å². The smallest absolute Gasteiger partial charge is 0.414 e. The molecule has 2 aromatic rings. The number of amides is 2. The van der Waals surface area contributed by atoms with E-state index in [-0.39, 0.29) is 37.6 Å². The molecule has 0 radical (unpaired) electrons. The molecular weight excluding hydrogens is 579 g/mol. The number of unbranched alkanes of at least 4 members (excludes halogenated alkanes) is 2. The van der Waals surface area contributed by atoms with Crippen molar-refractivity contribution < 1.29 is 31.9 Å². The molecule has 0 spiro atoms. The van der Waals surface area contributed by atoms with Crippen LogP contribution in [0.1, 0.15) is 51.5 Å². The van der Waals surface area contributed by atoms with Gasteiger partial charge in [0.2, 0.25) is 0 Å². The van der Waals surface area contributed by atoms with Crippen LogP contribution in [0.25, 0.3) is 0 Å². The minimum atomic E-state index is -4.18. The molecule has 0 N–H and O–H groups in total. The summed E-state index contributed by atoms with van der Waals surface area (Å²) >= 11 is 3.44. The van der Waals surface area contributed by atoms with Gasteiger partial charge in [-0.1, -0.05) is 48.7 Å². The van der Waals surface area contributed by atoms with Gasteiger partial charge in [0, 0.05) is 11.0 Å². The first-order chi connectivity index (χ1) is 18.2. The van der Waals surface area contributed by atoms with E-state index in [1.165, 1.54) is 21.9 Å². The van der Waals surface area contributed by atoms with Crippen LogP contribution < -0.4 is 4.90 Å². The maximum absolute atomic E-state index is 14.4. The molecule has 4 rings (SSSR count).